The summed E-state index contributed by atoms with van der Waals surface area (Å²) >= 11 is 0. The number of nitriles is 1. The Labute approximate surface area is 148 Å². The summed E-state index contributed by atoms with van der Waals surface area (Å²) in [6.07, 6.45) is 6.73. The molecule has 7 nitrogen and oxygen atoms in total. The zero-order valence-electron chi connectivity index (χ0n) is 14.8. The summed E-state index contributed by atoms with van der Waals surface area (Å²) in [7, 11) is 0. The van der Waals surface area contributed by atoms with E-state index in [4.69, 9.17) is 0 Å². The molecule has 1 aromatic heterocycles. The van der Waals surface area contributed by atoms with Gasteiger partial charge in [-0.1, -0.05) is 18.1 Å². The van der Waals surface area contributed by atoms with Crippen molar-refractivity contribution in [2.75, 3.05) is 19.6 Å². The number of hydrogen-bond donors (Lipinski definition) is 0. The van der Waals surface area contributed by atoms with Crippen molar-refractivity contribution in [3.8, 4) is 6.07 Å². The van der Waals surface area contributed by atoms with Gasteiger partial charge in [-0.25, -0.2) is 4.68 Å². The van der Waals surface area contributed by atoms with Gasteiger partial charge in [-0.3, -0.25) is 9.69 Å². The molecule has 2 fully saturated rings. The van der Waals surface area contributed by atoms with Crippen molar-refractivity contribution >= 4 is 5.91 Å². The molecule has 4 rings (SSSR count). The Hall–Kier alpha value is -1.94. The van der Waals surface area contributed by atoms with Crippen molar-refractivity contribution in [2.45, 2.75) is 64.6 Å². The number of aryl methyl sites for hydroxylation is 1. The topological polar surface area (TPSA) is 78.0 Å². The number of carbonyl (C=O) groups is 1. The second-order valence-corrected chi connectivity index (χ2v) is 7.67. The highest BCUT2D eigenvalue weighted by Gasteiger charge is 2.44. The van der Waals surface area contributed by atoms with Crippen LogP contribution in [0, 0.1) is 16.7 Å². The molecule has 1 saturated heterocycles. The standard InChI is InChI=1S/C18H26N6O/c19-14-18(6-1-2-7-18)17(25)23-10-5-11-24-16(13-23)15(20-21-24)12-22-8-3-4-9-22/h1-13H2. The smallest absolute Gasteiger partial charge is 0.243 e. The van der Waals surface area contributed by atoms with E-state index in [1.807, 2.05) is 9.58 Å². The molecule has 134 valence electrons. The summed E-state index contributed by atoms with van der Waals surface area (Å²) in [5, 5.41) is 18.4. The Morgan fingerprint density at radius 3 is 2.56 bits per heavy atom. The van der Waals surface area contributed by atoms with E-state index >= 15 is 0 Å². The van der Waals surface area contributed by atoms with Crippen LogP contribution >= 0.6 is 0 Å². The van der Waals surface area contributed by atoms with Gasteiger partial charge in [0.1, 0.15) is 11.1 Å². The number of nitrogens with zero attached hydrogens (tertiary/aromatic N) is 6. The maximum atomic E-state index is 13.1. The molecular weight excluding hydrogens is 316 g/mol. The summed E-state index contributed by atoms with van der Waals surface area (Å²) in [6, 6.07) is 2.35. The normalized spacial score (nSPS) is 23.2. The molecule has 0 aromatic carbocycles. The van der Waals surface area contributed by atoms with Crippen molar-refractivity contribution < 1.29 is 4.79 Å². The first-order chi connectivity index (χ1) is 12.2. The lowest BCUT2D eigenvalue weighted by Gasteiger charge is -2.28. The second-order valence-electron chi connectivity index (χ2n) is 7.67. The third-order valence-electron chi connectivity index (χ3n) is 6.00. The Kier molecular flexibility index (Phi) is 4.46. The number of hydrogen-bond acceptors (Lipinski definition) is 5. The molecule has 0 N–H and O–H groups in total. The summed E-state index contributed by atoms with van der Waals surface area (Å²) in [4.78, 5) is 17.4. The zero-order valence-corrected chi connectivity index (χ0v) is 14.8. The highest BCUT2D eigenvalue weighted by Crippen LogP contribution is 2.39. The minimum absolute atomic E-state index is 0.0225. The summed E-state index contributed by atoms with van der Waals surface area (Å²) < 4.78 is 1.96. The van der Waals surface area contributed by atoms with Gasteiger partial charge in [-0.15, -0.1) is 5.10 Å². The predicted octanol–water partition coefficient (Wildman–Crippen LogP) is 1.69. The maximum Gasteiger partial charge on any atom is 0.243 e. The van der Waals surface area contributed by atoms with Crippen LogP contribution in [0.3, 0.4) is 0 Å². The molecule has 25 heavy (non-hydrogen) atoms. The van der Waals surface area contributed by atoms with Gasteiger partial charge in [0, 0.05) is 19.6 Å². The zero-order chi connectivity index (χ0) is 17.3. The van der Waals surface area contributed by atoms with E-state index in [1.165, 1.54) is 12.8 Å². The van der Waals surface area contributed by atoms with Crippen LogP contribution in [0.15, 0.2) is 0 Å². The van der Waals surface area contributed by atoms with E-state index in [9.17, 15) is 10.1 Å². The van der Waals surface area contributed by atoms with Crippen molar-refractivity contribution in [1.29, 1.82) is 5.26 Å². The minimum Gasteiger partial charge on any atom is -0.335 e. The van der Waals surface area contributed by atoms with Gasteiger partial charge in [-0.05, 0) is 45.2 Å². The number of likely N-dealkylation sites (tertiary alicyclic amines) is 1. The SMILES string of the molecule is N#CC1(C(=O)N2CCCn3nnc(CN4CCCC4)c3C2)CCCC1. The van der Waals surface area contributed by atoms with Crippen molar-refractivity contribution in [3.63, 3.8) is 0 Å². The minimum atomic E-state index is -0.794. The molecule has 1 amide bonds. The van der Waals surface area contributed by atoms with E-state index in [2.05, 4.69) is 21.3 Å². The third-order valence-corrected chi connectivity index (χ3v) is 6.00. The van der Waals surface area contributed by atoms with E-state index in [0.29, 0.717) is 25.9 Å². The van der Waals surface area contributed by atoms with Crippen molar-refractivity contribution in [1.82, 2.24) is 24.8 Å². The van der Waals surface area contributed by atoms with Gasteiger partial charge >= 0.3 is 0 Å². The Morgan fingerprint density at radius 2 is 1.84 bits per heavy atom. The Balaban J connectivity index is 1.55. The van der Waals surface area contributed by atoms with Gasteiger partial charge in [-0.2, -0.15) is 5.26 Å². The van der Waals surface area contributed by atoms with Crippen LogP contribution in [0.1, 0.15) is 56.3 Å². The van der Waals surface area contributed by atoms with E-state index in [0.717, 1.165) is 56.8 Å². The lowest BCUT2D eigenvalue weighted by Crippen LogP contribution is -2.42. The van der Waals surface area contributed by atoms with E-state index < -0.39 is 5.41 Å². The number of carbonyl (C=O) groups excluding carboxylic acids is 1. The van der Waals surface area contributed by atoms with Gasteiger partial charge in [0.15, 0.2) is 0 Å². The van der Waals surface area contributed by atoms with Gasteiger partial charge in [0.25, 0.3) is 0 Å². The molecular formula is C18H26N6O. The summed E-state index contributed by atoms with van der Waals surface area (Å²) in [5.74, 6) is 0.0225. The Bertz CT molecular complexity index is 678. The molecule has 0 spiro atoms. The summed E-state index contributed by atoms with van der Waals surface area (Å²) in [6.45, 7) is 5.10. The van der Waals surface area contributed by atoms with Crippen LogP contribution in [0.25, 0.3) is 0 Å². The van der Waals surface area contributed by atoms with E-state index in [1.54, 1.807) is 0 Å². The first kappa shape index (κ1) is 16.5. The van der Waals surface area contributed by atoms with Crippen LogP contribution in [0.4, 0.5) is 0 Å². The number of rotatable bonds is 3. The molecule has 0 atom stereocenters. The van der Waals surface area contributed by atoms with Crippen molar-refractivity contribution in [2.24, 2.45) is 5.41 Å². The highest BCUT2D eigenvalue weighted by atomic mass is 16.2. The van der Waals surface area contributed by atoms with Gasteiger partial charge in [0.2, 0.25) is 5.91 Å². The lowest BCUT2D eigenvalue weighted by atomic mass is 9.86. The number of aromatic nitrogens is 3. The largest absolute Gasteiger partial charge is 0.335 e. The molecule has 2 aliphatic heterocycles. The first-order valence-corrected chi connectivity index (χ1v) is 9.56. The first-order valence-electron chi connectivity index (χ1n) is 9.56. The average molecular weight is 342 g/mol. The van der Waals surface area contributed by atoms with E-state index in [-0.39, 0.29) is 5.91 Å². The van der Waals surface area contributed by atoms with Crippen LogP contribution in [0.2, 0.25) is 0 Å². The number of fused-ring (bicyclic) bond motifs is 1. The molecule has 1 aliphatic carbocycles. The second kappa shape index (κ2) is 6.75. The monoisotopic (exact) mass is 342 g/mol. The molecule has 7 heteroatoms. The molecule has 1 saturated carbocycles. The van der Waals surface area contributed by atoms with Crippen molar-refractivity contribution in [3.05, 3.63) is 11.4 Å². The fraction of sp³-hybridized carbons (Fsp3) is 0.778. The van der Waals surface area contributed by atoms with Gasteiger partial charge in [0.05, 0.1) is 18.3 Å². The Morgan fingerprint density at radius 1 is 1.08 bits per heavy atom. The van der Waals surface area contributed by atoms with Crippen LogP contribution in [-0.2, 0) is 24.4 Å². The quantitative estimate of drug-likeness (QED) is 0.835. The predicted molar refractivity (Wildman–Crippen MR) is 91.1 cm³/mol. The third kappa shape index (κ3) is 3.04. The molecule has 0 radical (unpaired) electrons. The summed E-state index contributed by atoms with van der Waals surface area (Å²) in [5.41, 5.74) is 1.26. The van der Waals surface area contributed by atoms with Crippen LogP contribution in [0.5, 0.6) is 0 Å². The van der Waals surface area contributed by atoms with Crippen LogP contribution in [-0.4, -0.2) is 50.3 Å². The fourth-order valence-corrected chi connectivity index (χ4v) is 4.50. The molecule has 0 bridgehead atoms. The lowest BCUT2D eigenvalue weighted by molar-refractivity contribution is -0.139. The molecule has 3 heterocycles. The highest BCUT2D eigenvalue weighted by molar-refractivity contribution is 5.85. The maximum absolute atomic E-state index is 13.1. The molecule has 3 aliphatic rings. The molecule has 0 unspecified atom stereocenters. The average Bonchev–Trinajstić information content (AvgIpc) is 3.35. The van der Waals surface area contributed by atoms with Crippen LogP contribution < -0.4 is 0 Å². The molecule has 1 aromatic rings. The van der Waals surface area contributed by atoms with Gasteiger partial charge < -0.3 is 4.90 Å². The fourth-order valence-electron chi connectivity index (χ4n) is 4.50. The number of amides is 1.